The molecule has 1 unspecified atom stereocenters. The third-order valence-electron chi connectivity index (χ3n) is 6.99. The van der Waals surface area contributed by atoms with Gasteiger partial charge in [-0.05, 0) is 49.1 Å². The van der Waals surface area contributed by atoms with Gasteiger partial charge in [0.1, 0.15) is 0 Å². The van der Waals surface area contributed by atoms with Crippen LogP contribution >= 0.6 is 0 Å². The molecule has 0 bridgehead atoms. The normalized spacial score (nSPS) is 20.0. The van der Waals surface area contributed by atoms with Gasteiger partial charge >= 0.3 is 0 Å². The second kappa shape index (κ2) is 10.3. The van der Waals surface area contributed by atoms with E-state index >= 15 is 0 Å². The number of amides is 2. The lowest BCUT2D eigenvalue weighted by Crippen LogP contribution is -2.48. The first-order valence-corrected chi connectivity index (χ1v) is 11.8. The molecule has 0 radical (unpaired) electrons. The number of anilines is 1. The standard InChI is InChI=1S/C26H34N4O2/c1-3-20-7-9-24(10-8-20)30-19-21(18-25(30)31)26(32)28(2)23-12-16-29(17-13-23)15-11-22-6-4-5-14-27-22/h4-10,14,21,23H,3,11-13,15-19H2,1-2H3. The number of rotatable bonds is 7. The minimum atomic E-state index is -0.250. The van der Waals surface area contributed by atoms with Crippen LogP contribution in [0.3, 0.4) is 0 Å². The predicted octanol–water partition coefficient (Wildman–Crippen LogP) is 3.16. The lowest BCUT2D eigenvalue weighted by Gasteiger charge is -2.37. The first kappa shape index (κ1) is 22.5. The summed E-state index contributed by atoms with van der Waals surface area (Å²) in [7, 11) is 1.92. The van der Waals surface area contributed by atoms with Gasteiger partial charge in [0.15, 0.2) is 0 Å². The van der Waals surface area contributed by atoms with Crippen molar-refractivity contribution in [3.05, 3.63) is 59.9 Å². The van der Waals surface area contributed by atoms with Gasteiger partial charge in [-0.25, -0.2) is 0 Å². The second-order valence-corrected chi connectivity index (χ2v) is 9.02. The van der Waals surface area contributed by atoms with Crippen LogP contribution in [0.25, 0.3) is 0 Å². The first-order chi connectivity index (χ1) is 15.5. The number of likely N-dealkylation sites (tertiary alicyclic amines) is 1. The lowest BCUT2D eigenvalue weighted by molar-refractivity contribution is -0.137. The van der Waals surface area contributed by atoms with Crippen LogP contribution < -0.4 is 4.90 Å². The Morgan fingerprint density at radius 1 is 1.12 bits per heavy atom. The van der Waals surface area contributed by atoms with Gasteiger partial charge in [-0.3, -0.25) is 14.6 Å². The van der Waals surface area contributed by atoms with Crippen molar-refractivity contribution in [2.45, 2.75) is 45.1 Å². The topological polar surface area (TPSA) is 56.8 Å². The summed E-state index contributed by atoms with van der Waals surface area (Å²) in [4.78, 5) is 36.4. The Balaban J connectivity index is 1.27. The average Bonchev–Trinajstić information content (AvgIpc) is 3.24. The molecule has 0 aliphatic carbocycles. The molecule has 0 spiro atoms. The highest BCUT2D eigenvalue weighted by molar-refractivity contribution is 6.00. The minimum absolute atomic E-state index is 0.0466. The highest BCUT2D eigenvalue weighted by Crippen LogP contribution is 2.28. The molecule has 1 atom stereocenters. The van der Waals surface area contributed by atoms with E-state index in [-0.39, 0.29) is 23.8 Å². The van der Waals surface area contributed by atoms with E-state index in [0.717, 1.165) is 56.7 Å². The van der Waals surface area contributed by atoms with E-state index in [1.54, 1.807) is 4.90 Å². The zero-order valence-corrected chi connectivity index (χ0v) is 19.2. The first-order valence-electron chi connectivity index (χ1n) is 11.8. The van der Waals surface area contributed by atoms with E-state index in [2.05, 4.69) is 35.0 Å². The zero-order chi connectivity index (χ0) is 22.5. The fourth-order valence-corrected chi connectivity index (χ4v) is 4.85. The SMILES string of the molecule is CCc1ccc(N2CC(C(=O)N(C)C3CCN(CCc4ccccn4)CC3)CC2=O)cc1. The number of nitrogens with zero attached hydrogens (tertiary/aromatic N) is 4. The minimum Gasteiger partial charge on any atom is -0.342 e. The highest BCUT2D eigenvalue weighted by atomic mass is 16.2. The maximum atomic E-state index is 13.2. The summed E-state index contributed by atoms with van der Waals surface area (Å²) in [6, 6.07) is 14.4. The average molecular weight is 435 g/mol. The number of hydrogen-bond acceptors (Lipinski definition) is 4. The fraction of sp³-hybridized carbons (Fsp3) is 0.500. The van der Waals surface area contributed by atoms with Gasteiger partial charge in [0.05, 0.1) is 5.92 Å². The Bertz CT molecular complexity index is 907. The van der Waals surface area contributed by atoms with Gasteiger partial charge in [-0.15, -0.1) is 0 Å². The van der Waals surface area contributed by atoms with E-state index in [9.17, 15) is 9.59 Å². The van der Waals surface area contributed by atoms with E-state index in [1.165, 1.54) is 5.56 Å². The van der Waals surface area contributed by atoms with E-state index in [0.29, 0.717) is 13.0 Å². The number of hydrogen-bond donors (Lipinski definition) is 0. The molecule has 0 N–H and O–H groups in total. The molecule has 4 rings (SSSR count). The Morgan fingerprint density at radius 3 is 2.53 bits per heavy atom. The van der Waals surface area contributed by atoms with Gasteiger partial charge in [0.25, 0.3) is 0 Å². The van der Waals surface area contributed by atoms with Crippen molar-refractivity contribution in [3.63, 3.8) is 0 Å². The number of carbonyl (C=O) groups excluding carboxylic acids is 2. The lowest BCUT2D eigenvalue weighted by atomic mass is 10.00. The Kier molecular flexibility index (Phi) is 7.20. The Morgan fingerprint density at radius 2 is 1.88 bits per heavy atom. The van der Waals surface area contributed by atoms with Gasteiger partial charge in [-0.2, -0.15) is 0 Å². The van der Waals surface area contributed by atoms with Crippen LogP contribution in [0.1, 0.15) is 37.4 Å². The van der Waals surface area contributed by atoms with Crippen molar-refractivity contribution in [1.29, 1.82) is 0 Å². The van der Waals surface area contributed by atoms with E-state index in [4.69, 9.17) is 0 Å². The fourth-order valence-electron chi connectivity index (χ4n) is 4.85. The third kappa shape index (κ3) is 5.18. The number of aryl methyl sites for hydroxylation is 1. The molecular weight excluding hydrogens is 400 g/mol. The smallest absolute Gasteiger partial charge is 0.228 e. The Labute approximate surface area is 191 Å². The maximum absolute atomic E-state index is 13.2. The maximum Gasteiger partial charge on any atom is 0.228 e. The Hall–Kier alpha value is -2.73. The van der Waals surface area contributed by atoms with Crippen LogP contribution in [0, 0.1) is 5.92 Å². The summed E-state index contributed by atoms with van der Waals surface area (Å²) in [5.74, 6) is -0.0937. The molecule has 6 nitrogen and oxygen atoms in total. The van der Waals surface area contributed by atoms with E-state index in [1.807, 2.05) is 42.4 Å². The molecule has 2 saturated heterocycles. The number of aromatic nitrogens is 1. The molecule has 2 aromatic rings. The third-order valence-corrected chi connectivity index (χ3v) is 6.99. The summed E-state index contributed by atoms with van der Waals surface area (Å²) in [6.45, 7) is 5.59. The number of carbonyl (C=O) groups is 2. The van der Waals surface area contributed by atoms with Crippen molar-refractivity contribution in [2.75, 3.05) is 38.1 Å². The zero-order valence-electron chi connectivity index (χ0n) is 19.2. The second-order valence-electron chi connectivity index (χ2n) is 9.02. The molecule has 2 fully saturated rings. The molecule has 2 aliphatic heterocycles. The van der Waals surface area contributed by atoms with Gasteiger partial charge < -0.3 is 14.7 Å². The molecule has 6 heteroatoms. The van der Waals surface area contributed by atoms with E-state index < -0.39 is 0 Å². The van der Waals surface area contributed by atoms with Crippen LogP contribution in [0.2, 0.25) is 0 Å². The summed E-state index contributed by atoms with van der Waals surface area (Å²) < 4.78 is 0. The summed E-state index contributed by atoms with van der Waals surface area (Å²) in [6.07, 6.45) is 6.04. The van der Waals surface area contributed by atoms with Crippen LogP contribution in [-0.2, 0) is 22.4 Å². The quantitative estimate of drug-likeness (QED) is 0.672. The number of piperidine rings is 1. The van der Waals surface area contributed by atoms with Crippen LogP contribution in [-0.4, -0.2) is 65.9 Å². The summed E-state index contributed by atoms with van der Waals surface area (Å²) in [5.41, 5.74) is 3.27. The highest BCUT2D eigenvalue weighted by Gasteiger charge is 2.38. The van der Waals surface area contributed by atoms with Gasteiger partial charge in [-0.1, -0.05) is 25.1 Å². The molecular formula is C26H34N4O2. The van der Waals surface area contributed by atoms with Crippen molar-refractivity contribution in [2.24, 2.45) is 5.92 Å². The molecule has 170 valence electrons. The largest absolute Gasteiger partial charge is 0.342 e. The van der Waals surface area contributed by atoms with Crippen molar-refractivity contribution >= 4 is 17.5 Å². The summed E-state index contributed by atoms with van der Waals surface area (Å²) >= 11 is 0. The molecule has 2 amide bonds. The van der Waals surface area contributed by atoms with Crippen LogP contribution in [0.15, 0.2) is 48.7 Å². The number of pyridine rings is 1. The van der Waals surface area contributed by atoms with Crippen molar-refractivity contribution in [1.82, 2.24) is 14.8 Å². The molecule has 1 aromatic heterocycles. The molecule has 3 heterocycles. The van der Waals surface area contributed by atoms with Crippen LogP contribution in [0.4, 0.5) is 5.69 Å². The molecule has 0 saturated carbocycles. The van der Waals surface area contributed by atoms with Crippen LogP contribution in [0.5, 0.6) is 0 Å². The van der Waals surface area contributed by atoms with Gasteiger partial charge in [0.2, 0.25) is 11.8 Å². The van der Waals surface area contributed by atoms with Gasteiger partial charge in [0, 0.05) is 69.7 Å². The van der Waals surface area contributed by atoms with Crippen molar-refractivity contribution in [3.8, 4) is 0 Å². The molecule has 2 aliphatic rings. The number of benzene rings is 1. The van der Waals surface area contributed by atoms with Crippen molar-refractivity contribution < 1.29 is 9.59 Å². The summed E-state index contributed by atoms with van der Waals surface area (Å²) in [5, 5.41) is 0. The predicted molar refractivity (Wildman–Crippen MR) is 126 cm³/mol. The monoisotopic (exact) mass is 434 g/mol. The molecule has 32 heavy (non-hydrogen) atoms. The molecule has 1 aromatic carbocycles.